The van der Waals surface area contributed by atoms with E-state index in [-0.39, 0.29) is 12.2 Å². The summed E-state index contributed by atoms with van der Waals surface area (Å²) in [6, 6.07) is 18.2. The largest absolute Gasteiger partial charge is 0.487 e. The first-order valence-corrected chi connectivity index (χ1v) is 11.9. The summed E-state index contributed by atoms with van der Waals surface area (Å²) >= 11 is 17.8. The molecule has 0 heterocycles. The van der Waals surface area contributed by atoms with E-state index in [1.165, 1.54) is 6.08 Å². The number of carbonyl (C=O) groups excluding carboxylic acids is 1. The van der Waals surface area contributed by atoms with Crippen molar-refractivity contribution < 1.29 is 9.53 Å². The summed E-state index contributed by atoms with van der Waals surface area (Å²) in [6.45, 7) is 2.20. The lowest BCUT2D eigenvalue weighted by atomic mass is 10.1. The van der Waals surface area contributed by atoms with Crippen LogP contribution in [0.5, 0.6) is 5.75 Å². The van der Waals surface area contributed by atoms with E-state index < -0.39 is 5.91 Å². The monoisotopic (exact) mass is 640 g/mol. The summed E-state index contributed by atoms with van der Waals surface area (Å²) in [5.74, 6) is 0.165. The molecule has 0 aromatic heterocycles. The zero-order valence-electron chi connectivity index (χ0n) is 16.8. The highest BCUT2D eigenvalue weighted by Gasteiger charge is 2.13. The van der Waals surface area contributed by atoms with E-state index in [1.54, 1.807) is 24.3 Å². The van der Waals surface area contributed by atoms with Gasteiger partial charge in [-0.1, -0.05) is 41.4 Å². The van der Waals surface area contributed by atoms with Gasteiger partial charge < -0.3 is 10.1 Å². The van der Waals surface area contributed by atoms with Crippen LogP contribution in [0.15, 0.2) is 64.6 Å². The van der Waals surface area contributed by atoms with Gasteiger partial charge in [0.25, 0.3) is 5.91 Å². The number of rotatable bonds is 6. The van der Waals surface area contributed by atoms with Crippen LogP contribution >= 0.6 is 61.7 Å². The fourth-order valence-electron chi connectivity index (χ4n) is 2.83. The average Bonchev–Trinajstić information content (AvgIpc) is 2.72. The van der Waals surface area contributed by atoms with Crippen LogP contribution in [0.3, 0.4) is 0 Å². The number of hydrogen-bond acceptors (Lipinski definition) is 3. The van der Waals surface area contributed by atoms with Gasteiger partial charge in [-0.25, -0.2) is 0 Å². The Labute approximate surface area is 218 Å². The Morgan fingerprint density at radius 1 is 1.22 bits per heavy atom. The van der Waals surface area contributed by atoms with Crippen molar-refractivity contribution in [3.8, 4) is 11.8 Å². The second-order valence-electron chi connectivity index (χ2n) is 6.83. The van der Waals surface area contributed by atoms with Crippen LogP contribution in [-0.2, 0) is 11.4 Å². The Kier molecular flexibility index (Phi) is 8.60. The van der Waals surface area contributed by atoms with Crippen LogP contribution in [0.2, 0.25) is 10.0 Å². The van der Waals surface area contributed by atoms with Crippen LogP contribution < -0.4 is 10.1 Å². The van der Waals surface area contributed by atoms with Gasteiger partial charge in [0.2, 0.25) is 0 Å². The second-order valence-corrected chi connectivity index (χ2v) is 9.69. The molecule has 0 radical (unpaired) electrons. The molecule has 1 amide bonds. The summed E-state index contributed by atoms with van der Waals surface area (Å²) < 4.78 is 7.45. The Hall–Kier alpha value is -2.05. The van der Waals surface area contributed by atoms with Crippen LogP contribution in [0, 0.1) is 21.8 Å². The minimum absolute atomic E-state index is 0.00387. The van der Waals surface area contributed by atoms with E-state index in [0.29, 0.717) is 31.5 Å². The smallest absolute Gasteiger partial charge is 0.266 e. The molecule has 0 bridgehead atoms. The SMILES string of the molecule is Cc1cccc(NC(=O)/C(C#N)=C\c2cc(Br)c(OCc3ccc(Cl)cc3Cl)c(I)c2)c1. The molecule has 0 aliphatic heterocycles. The topological polar surface area (TPSA) is 62.1 Å². The molecule has 3 aromatic carbocycles. The first-order chi connectivity index (χ1) is 15.3. The Morgan fingerprint density at radius 3 is 2.66 bits per heavy atom. The fraction of sp³-hybridized carbons (Fsp3) is 0.0833. The van der Waals surface area contributed by atoms with Crippen LogP contribution in [-0.4, -0.2) is 5.91 Å². The van der Waals surface area contributed by atoms with E-state index in [1.807, 2.05) is 43.3 Å². The zero-order valence-corrected chi connectivity index (χ0v) is 22.0. The first-order valence-electron chi connectivity index (χ1n) is 9.32. The van der Waals surface area contributed by atoms with Crippen LogP contribution in [0.4, 0.5) is 5.69 Å². The molecule has 0 saturated carbocycles. The van der Waals surface area contributed by atoms with Crippen molar-refractivity contribution in [2.75, 3.05) is 5.32 Å². The molecule has 8 heteroatoms. The molecule has 32 heavy (non-hydrogen) atoms. The van der Waals surface area contributed by atoms with E-state index in [0.717, 1.165) is 14.7 Å². The van der Waals surface area contributed by atoms with Gasteiger partial charge in [0.05, 0.1) is 8.04 Å². The highest BCUT2D eigenvalue weighted by molar-refractivity contribution is 14.1. The maximum atomic E-state index is 12.5. The van der Waals surface area contributed by atoms with Gasteiger partial charge in [-0.2, -0.15) is 5.26 Å². The van der Waals surface area contributed by atoms with Gasteiger partial charge >= 0.3 is 0 Å². The molecule has 4 nitrogen and oxygen atoms in total. The van der Waals surface area contributed by atoms with E-state index in [4.69, 9.17) is 27.9 Å². The van der Waals surface area contributed by atoms with Crippen molar-refractivity contribution in [2.45, 2.75) is 13.5 Å². The lowest BCUT2D eigenvalue weighted by Gasteiger charge is -2.13. The normalized spacial score (nSPS) is 11.1. The lowest BCUT2D eigenvalue weighted by molar-refractivity contribution is -0.112. The Balaban J connectivity index is 1.78. The van der Waals surface area contributed by atoms with E-state index >= 15 is 0 Å². The summed E-state index contributed by atoms with van der Waals surface area (Å²) in [5, 5.41) is 13.3. The minimum Gasteiger partial charge on any atom is -0.487 e. The van der Waals surface area contributed by atoms with Crippen molar-refractivity contribution in [2.24, 2.45) is 0 Å². The number of nitriles is 1. The van der Waals surface area contributed by atoms with Gasteiger partial charge in [0, 0.05) is 21.3 Å². The molecule has 0 unspecified atom stereocenters. The number of hydrogen-bond donors (Lipinski definition) is 1. The van der Waals surface area contributed by atoms with Gasteiger partial charge in [-0.05, 0) is 99.0 Å². The molecular weight excluding hydrogens is 626 g/mol. The molecule has 3 aromatic rings. The molecule has 162 valence electrons. The summed E-state index contributed by atoms with van der Waals surface area (Å²) in [7, 11) is 0. The number of anilines is 1. The number of carbonyl (C=O) groups is 1. The van der Waals surface area contributed by atoms with Gasteiger partial charge in [0.1, 0.15) is 24.0 Å². The number of nitrogens with one attached hydrogen (secondary N) is 1. The molecule has 3 rings (SSSR count). The molecule has 0 aliphatic rings. The minimum atomic E-state index is -0.470. The van der Waals surface area contributed by atoms with Gasteiger partial charge in [-0.3, -0.25) is 4.79 Å². The standard InChI is InChI=1S/C24H16BrCl2IN2O2/c1-14-3-2-4-19(7-14)30-24(31)17(12-29)8-15-9-20(25)23(22(28)10-15)32-13-16-5-6-18(26)11-21(16)27/h2-11H,13H2,1H3,(H,30,31)/b17-8-. The average molecular weight is 642 g/mol. The fourth-order valence-corrected chi connectivity index (χ4v) is 5.06. The Morgan fingerprint density at radius 2 is 2.00 bits per heavy atom. The molecule has 0 aliphatic carbocycles. The second kappa shape index (κ2) is 11.2. The predicted octanol–water partition coefficient (Wildman–Crippen LogP) is 7.79. The lowest BCUT2D eigenvalue weighted by Crippen LogP contribution is -2.13. The molecule has 0 atom stereocenters. The van der Waals surface area contributed by atoms with E-state index in [9.17, 15) is 10.1 Å². The van der Waals surface area contributed by atoms with Crippen LogP contribution in [0.25, 0.3) is 6.08 Å². The number of halogens is 4. The third-order valence-corrected chi connectivity index (χ3v) is 6.34. The van der Waals surface area contributed by atoms with Crippen molar-refractivity contribution in [3.05, 3.63) is 94.9 Å². The zero-order chi connectivity index (χ0) is 23.3. The highest BCUT2D eigenvalue weighted by atomic mass is 127. The number of ether oxygens (including phenoxy) is 1. The predicted molar refractivity (Wildman–Crippen MR) is 141 cm³/mol. The van der Waals surface area contributed by atoms with Crippen molar-refractivity contribution >= 4 is 79.4 Å². The summed E-state index contributed by atoms with van der Waals surface area (Å²) in [5.41, 5.74) is 3.14. The molecule has 0 saturated heterocycles. The van der Waals surface area contributed by atoms with Gasteiger partial charge in [-0.15, -0.1) is 0 Å². The molecule has 0 fully saturated rings. The van der Waals surface area contributed by atoms with E-state index in [2.05, 4.69) is 43.8 Å². The third kappa shape index (κ3) is 6.48. The maximum Gasteiger partial charge on any atom is 0.266 e. The first kappa shape index (κ1) is 24.6. The number of amides is 1. The van der Waals surface area contributed by atoms with Gasteiger partial charge in [0.15, 0.2) is 0 Å². The third-order valence-electron chi connectivity index (χ3n) is 4.36. The highest BCUT2D eigenvalue weighted by Crippen LogP contribution is 2.34. The summed E-state index contributed by atoms with van der Waals surface area (Å²) in [6.07, 6.45) is 1.54. The van der Waals surface area contributed by atoms with Crippen molar-refractivity contribution in [3.63, 3.8) is 0 Å². The van der Waals surface area contributed by atoms with Crippen LogP contribution in [0.1, 0.15) is 16.7 Å². The number of nitrogens with zero attached hydrogens (tertiary/aromatic N) is 1. The molecule has 0 spiro atoms. The summed E-state index contributed by atoms with van der Waals surface area (Å²) in [4.78, 5) is 12.5. The number of aryl methyl sites for hydroxylation is 1. The number of benzene rings is 3. The molecular formula is C24H16BrCl2IN2O2. The maximum absolute atomic E-state index is 12.5. The Bertz CT molecular complexity index is 1230. The van der Waals surface area contributed by atoms with Crippen molar-refractivity contribution in [1.29, 1.82) is 5.26 Å². The van der Waals surface area contributed by atoms with Crippen molar-refractivity contribution in [1.82, 2.24) is 0 Å². The molecule has 1 N–H and O–H groups in total. The quantitative estimate of drug-likeness (QED) is 0.170.